The summed E-state index contributed by atoms with van der Waals surface area (Å²) in [5, 5.41) is 21.2. The van der Waals surface area contributed by atoms with Crippen LogP contribution in [0.5, 0.6) is 11.5 Å². The number of halogens is 3. The number of aromatic hydroxyl groups is 2. The van der Waals surface area contributed by atoms with E-state index in [9.17, 15) is 18.3 Å². The summed E-state index contributed by atoms with van der Waals surface area (Å²) in [6.45, 7) is 1.42. The molecule has 1 aromatic carbocycles. The second-order valence-corrected chi connectivity index (χ2v) is 3.78. The average molecular weight is 249 g/mol. The van der Waals surface area contributed by atoms with Gasteiger partial charge in [-0.3, -0.25) is 0 Å². The minimum Gasteiger partial charge on any atom is -0.508 e. The van der Waals surface area contributed by atoms with E-state index in [1.807, 2.05) is 0 Å². The van der Waals surface area contributed by atoms with Crippen LogP contribution in [0.2, 0.25) is 0 Å². The summed E-state index contributed by atoms with van der Waals surface area (Å²) in [4.78, 5) is 0. The fourth-order valence-corrected chi connectivity index (χ4v) is 1.44. The smallest absolute Gasteiger partial charge is 0.390 e. The summed E-state index contributed by atoms with van der Waals surface area (Å²) in [7, 11) is 0. The van der Waals surface area contributed by atoms with Crippen molar-refractivity contribution in [3.05, 3.63) is 23.8 Å². The van der Waals surface area contributed by atoms with Gasteiger partial charge in [-0.25, -0.2) is 0 Å². The van der Waals surface area contributed by atoms with E-state index in [-0.39, 0.29) is 18.0 Å². The van der Waals surface area contributed by atoms with Gasteiger partial charge in [0.15, 0.2) is 0 Å². The molecule has 0 saturated carbocycles. The molecular formula is C11H14F3NO2. The molecule has 0 aliphatic rings. The first-order valence-corrected chi connectivity index (χ1v) is 5.11. The van der Waals surface area contributed by atoms with E-state index in [4.69, 9.17) is 5.11 Å². The Labute approximate surface area is 96.9 Å². The van der Waals surface area contributed by atoms with Crippen molar-refractivity contribution in [2.24, 2.45) is 0 Å². The van der Waals surface area contributed by atoms with E-state index >= 15 is 0 Å². The predicted octanol–water partition coefficient (Wildman–Crippen LogP) is 2.70. The maximum absolute atomic E-state index is 11.9. The van der Waals surface area contributed by atoms with Crippen molar-refractivity contribution in [3.8, 4) is 11.5 Å². The van der Waals surface area contributed by atoms with Crippen molar-refractivity contribution in [2.75, 3.05) is 6.54 Å². The van der Waals surface area contributed by atoms with Gasteiger partial charge < -0.3 is 15.5 Å². The molecule has 0 bridgehead atoms. The van der Waals surface area contributed by atoms with E-state index in [1.165, 1.54) is 12.1 Å². The van der Waals surface area contributed by atoms with Crippen LogP contribution in [0.3, 0.4) is 0 Å². The lowest BCUT2D eigenvalue weighted by molar-refractivity contribution is -0.133. The molecule has 1 rings (SSSR count). The summed E-state index contributed by atoms with van der Waals surface area (Å²) in [5.41, 5.74) is 0.449. The fourth-order valence-electron chi connectivity index (χ4n) is 1.44. The topological polar surface area (TPSA) is 52.5 Å². The van der Waals surface area contributed by atoms with E-state index in [0.29, 0.717) is 5.56 Å². The first kappa shape index (κ1) is 13.6. The zero-order valence-electron chi connectivity index (χ0n) is 9.25. The van der Waals surface area contributed by atoms with Crippen LogP contribution in [0.1, 0.15) is 24.9 Å². The van der Waals surface area contributed by atoms with Crippen molar-refractivity contribution < 1.29 is 23.4 Å². The standard InChI is InChI=1S/C11H14F3NO2/c1-7(15-5-4-11(12,13)14)9-3-2-8(16)6-10(9)17/h2-3,6-7,15-17H,4-5H2,1H3. The van der Waals surface area contributed by atoms with Crippen LogP contribution < -0.4 is 5.32 Å². The Balaban J connectivity index is 2.55. The second-order valence-electron chi connectivity index (χ2n) is 3.78. The Bertz CT molecular complexity index is 379. The third-order valence-corrected chi connectivity index (χ3v) is 2.34. The number of nitrogens with one attached hydrogen (secondary N) is 1. The number of phenolic OH excluding ortho intramolecular Hbond substituents is 2. The number of rotatable bonds is 4. The van der Waals surface area contributed by atoms with Crippen LogP contribution in [0.4, 0.5) is 13.2 Å². The maximum atomic E-state index is 11.9. The maximum Gasteiger partial charge on any atom is 0.390 e. The van der Waals surface area contributed by atoms with Crippen molar-refractivity contribution in [3.63, 3.8) is 0 Å². The Morgan fingerprint density at radius 3 is 2.47 bits per heavy atom. The van der Waals surface area contributed by atoms with Crippen LogP contribution in [0.15, 0.2) is 18.2 Å². The van der Waals surface area contributed by atoms with Gasteiger partial charge in [-0.15, -0.1) is 0 Å². The van der Waals surface area contributed by atoms with Gasteiger partial charge in [-0.05, 0) is 13.0 Å². The normalized spacial score (nSPS) is 13.6. The van der Waals surface area contributed by atoms with E-state index in [0.717, 1.165) is 6.07 Å². The first-order chi connectivity index (χ1) is 7.79. The Hall–Kier alpha value is -1.43. The van der Waals surface area contributed by atoms with Gasteiger partial charge in [0.2, 0.25) is 0 Å². The van der Waals surface area contributed by atoms with Crippen LogP contribution >= 0.6 is 0 Å². The van der Waals surface area contributed by atoms with Crippen LogP contribution in [-0.2, 0) is 0 Å². The number of benzene rings is 1. The van der Waals surface area contributed by atoms with Crippen molar-refractivity contribution in [2.45, 2.75) is 25.6 Å². The summed E-state index contributed by atoms with van der Waals surface area (Å²) >= 11 is 0. The van der Waals surface area contributed by atoms with Crippen LogP contribution in [-0.4, -0.2) is 22.9 Å². The molecule has 3 N–H and O–H groups in total. The Morgan fingerprint density at radius 1 is 1.29 bits per heavy atom. The molecule has 0 aliphatic carbocycles. The highest BCUT2D eigenvalue weighted by atomic mass is 19.4. The molecule has 0 aromatic heterocycles. The molecule has 17 heavy (non-hydrogen) atoms. The monoisotopic (exact) mass is 249 g/mol. The predicted molar refractivity (Wildman–Crippen MR) is 56.9 cm³/mol. The lowest BCUT2D eigenvalue weighted by Crippen LogP contribution is -2.24. The fraction of sp³-hybridized carbons (Fsp3) is 0.455. The minimum absolute atomic E-state index is 0.0891. The van der Waals surface area contributed by atoms with Gasteiger partial charge in [0.05, 0.1) is 6.42 Å². The summed E-state index contributed by atoms with van der Waals surface area (Å²) in [5.74, 6) is -0.231. The van der Waals surface area contributed by atoms with Gasteiger partial charge in [0.1, 0.15) is 11.5 Å². The second kappa shape index (κ2) is 5.27. The molecule has 3 nitrogen and oxygen atoms in total. The lowest BCUT2D eigenvalue weighted by Gasteiger charge is -2.16. The molecule has 0 aliphatic heterocycles. The molecule has 0 saturated heterocycles. The van der Waals surface area contributed by atoms with Crippen molar-refractivity contribution in [1.29, 1.82) is 0 Å². The number of alkyl halides is 3. The molecule has 1 aromatic rings. The first-order valence-electron chi connectivity index (χ1n) is 5.11. The van der Waals surface area contributed by atoms with Gasteiger partial charge in [-0.1, -0.05) is 6.07 Å². The quantitative estimate of drug-likeness (QED) is 0.769. The SMILES string of the molecule is CC(NCCC(F)(F)F)c1ccc(O)cc1O. The molecule has 96 valence electrons. The summed E-state index contributed by atoms with van der Waals surface area (Å²) in [6, 6.07) is 3.57. The highest BCUT2D eigenvalue weighted by molar-refractivity contribution is 5.40. The van der Waals surface area contributed by atoms with Gasteiger partial charge in [0, 0.05) is 24.2 Å². The van der Waals surface area contributed by atoms with Crippen LogP contribution in [0, 0.1) is 0 Å². The zero-order chi connectivity index (χ0) is 13.1. The molecule has 0 amide bonds. The van der Waals surface area contributed by atoms with Crippen molar-refractivity contribution in [1.82, 2.24) is 5.32 Å². The lowest BCUT2D eigenvalue weighted by atomic mass is 10.1. The molecule has 0 spiro atoms. The van der Waals surface area contributed by atoms with Crippen molar-refractivity contribution >= 4 is 0 Å². The highest BCUT2D eigenvalue weighted by Crippen LogP contribution is 2.28. The average Bonchev–Trinajstić information content (AvgIpc) is 2.15. The molecule has 1 atom stereocenters. The zero-order valence-corrected chi connectivity index (χ0v) is 9.25. The third kappa shape index (κ3) is 4.52. The Kier molecular flexibility index (Phi) is 4.22. The number of hydrogen-bond acceptors (Lipinski definition) is 3. The number of hydrogen-bond donors (Lipinski definition) is 3. The Morgan fingerprint density at radius 2 is 1.94 bits per heavy atom. The molecule has 6 heteroatoms. The number of phenols is 2. The van der Waals surface area contributed by atoms with Gasteiger partial charge in [0.25, 0.3) is 0 Å². The van der Waals surface area contributed by atoms with E-state index < -0.39 is 18.6 Å². The summed E-state index contributed by atoms with van der Waals surface area (Å²) in [6.07, 6.45) is -5.11. The molecule has 0 fully saturated rings. The molecule has 0 heterocycles. The molecular weight excluding hydrogens is 235 g/mol. The third-order valence-electron chi connectivity index (χ3n) is 2.34. The highest BCUT2D eigenvalue weighted by Gasteiger charge is 2.26. The van der Waals surface area contributed by atoms with Crippen LogP contribution in [0.25, 0.3) is 0 Å². The minimum atomic E-state index is -4.19. The van der Waals surface area contributed by atoms with E-state index in [1.54, 1.807) is 6.92 Å². The van der Waals surface area contributed by atoms with Gasteiger partial charge in [-0.2, -0.15) is 13.2 Å². The molecule has 0 radical (unpaired) electrons. The molecule has 1 unspecified atom stereocenters. The van der Waals surface area contributed by atoms with E-state index in [2.05, 4.69) is 5.32 Å². The largest absolute Gasteiger partial charge is 0.508 e. The van der Waals surface area contributed by atoms with Gasteiger partial charge >= 0.3 is 6.18 Å². The summed E-state index contributed by atoms with van der Waals surface area (Å²) < 4.78 is 35.8.